The van der Waals surface area contributed by atoms with Crippen LogP contribution in [-0.4, -0.2) is 22.3 Å². The van der Waals surface area contributed by atoms with E-state index in [1.54, 1.807) is 37.3 Å². The predicted molar refractivity (Wildman–Crippen MR) is 83.9 cm³/mol. The van der Waals surface area contributed by atoms with Crippen molar-refractivity contribution < 1.29 is 14.7 Å². The summed E-state index contributed by atoms with van der Waals surface area (Å²) in [6.07, 6.45) is -0.0221. The molecule has 0 bridgehead atoms. The molecule has 5 nitrogen and oxygen atoms in total. The van der Waals surface area contributed by atoms with E-state index in [0.717, 1.165) is 0 Å². The van der Waals surface area contributed by atoms with Crippen LogP contribution in [0.2, 0.25) is 0 Å². The van der Waals surface area contributed by atoms with E-state index in [0.29, 0.717) is 16.9 Å². The summed E-state index contributed by atoms with van der Waals surface area (Å²) in [4.78, 5) is 25.0. The highest BCUT2D eigenvalue weighted by Crippen LogP contribution is 2.32. The summed E-state index contributed by atoms with van der Waals surface area (Å²) in [7, 11) is 0. The third kappa shape index (κ3) is 2.30. The highest BCUT2D eigenvalue weighted by molar-refractivity contribution is 6.20. The lowest BCUT2D eigenvalue weighted by Gasteiger charge is -2.34. The third-order valence-corrected chi connectivity index (χ3v) is 3.91. The van der Waals surface area contributed by atoms with Crippen LogP contribution in [-0.2, 0) is 16.0 Å². The largest absolute Gasteiger partial charge is 0.508 e. The number of anilines is 2. The van der Waals surface area contributed by atoms with Gasteiger partial charge in [-0.15, -0.1) is 0 Å². The number of phenolic OH excluding ortho intramolecular Hbond substituents is 1. The molecule has 0 aliphatic carbocycles. The number of amides is 1. The Morgan fingerprint density at radius 1 is 1.09 bits per heavy atom. The Hall–Kier alpha value is -2.82. The summed E-state index contributed by atoms with van der Waals surface area (Å²) in [5, 5.41) is 15.6. The average molecular weight is 296 g/mol. The van der Waals surface area contributed by atoms with E-state index in [2.05, 4.69) is 10.6 Å². The average Bonchev–Trinajstić information content (AvgIpc) is 2.50. The summed E-state index contributed by atoms with van der Waals surface area (Å²) in [6.45, 7) is 1.56. The van der Waals surface area contributed by atoms with Crippen molar-refractivity contribution in [2.45, 2.75) is 18.9 Å². The van der Waals surface area contributed by atoms with Gasteiger partial charge >= 0.3 is 0 Å². The van der Waals surface area contributed by atoms with Gasteiger partial charge in [-0.3, -0.25) is 9.59 Å². The molecule has 1 atom stereocenters. The monoisotopic (exact) mass is 296 g/mol. The van der Waals surface area contributed by atoms with Crippen LogP contribution in [0.1, 0.15) is 12.5 Å². The number of phenols is 1. The first-order valence-corrected chi connectivity index (χ1v) is 6.99. The molecule has 1 amide bonds. The molecule has 3 rings (SSSR count). The number of Topliss-reactive ketones (excluding diaryl/α,β-unsaturated/α-hetero) is 1. The lowest BCUT2D eigenvalue weighted by atomic mass is 9.88. The van der Waals surface area contributed by atoms with Crippen LogP contribution in [0.4, 0.5) is 11.4 Å². The summed E-state index contributed by atoms with van der Waals surface area (Å²) < 4.78 is 0. The van der Waals surface area contributed by atoms with Gasteiger partial charge in [-0.2, -0.15) is 0 Å². The first-order valence-electron chi connectivity index (χ1n) is 6.99. The van der Waals surface area contributed by atoms with Crippen LogP contribution in [0, 0.1) is 0 Å². The van der Waals surface area contributed by atoms with Gasteiger partial charge in [0.2, 0.25) is 0 Å². The van der Waals surface area contributed by atoms with Crippen LogP contribution >= 0.6 is 0 Å². The first-order chi connectivity index (χ1) is 10.5. The molecule has 0 spiro atoms. The minimum absolute atomic E-state index is 0.0221. The van der Waals surface area contributed by atoms with E-state index in [1.807, 2.05) is 12.1 Å². The molecule has 22 heavy (non-hydrogen) atoms. The fourth-order valence-electron chi connectivity index (χ4n) is 2.48. The van der Waals surface area contributed by atoms with Crippen molar-refractivity contribution in [3.05, 3.63) is 54.1 Å². The Labute approximate surface area is 128 Å². The minimum Gasteiger partial charge on any atom is -0.508 e. The van der Waals surface area contributed by atoms with Crippen molar-refractivity contribution in [2.75, 3.05) is 10.6 Å². The molecule has 1 aliphatic rings. The van der Waals surface area contributed by atoms with Gasteiger partial charge in [-0.05, 0) is 25.1 Å². The zero-order chi connectivity index (χ0) is 15.7. The van der Waals surface area contributed by atoms with Gasteiger partial charge in [-0.25, -0.2) is 0 Å². The highest BCUT2D eigenvalue weighted by atomic mass is 16.3. The summed E-state index contributed by atoms with van der Waals surface area (Å²) in [5.74, 6) is -0.649. The number of hydrogen-bond acceptors (Lipinski definition) is 4. The number of benzene rings is 2. The van der Waals surface area contributed by atoms with Gasteiger partial charge in [0, 0.05) is 12.0 Å². The molecule has 112 valence electrons. The van der Waals surface area contributed by atoms with Gasteiger partial charge in [0.05, 0.1) is 11.4 Å². The first kappa shape index (κ1) is 14.1. The molecule has 0 saturated heterocycles. The number of rotatable bonds is 3. The number of carbonyl (C=O) groups is 2. The van der Waals surface area contributed by atoms with Crippen molar-refractivity contribution >= 4 is 23.1 Å². The van der Waals surface area contributed by atoms with Crippen molar-refractivity contribution in [1.29, 1.82) is 0 Å². The number of hydrogen-bond donors (Lipinski definition) is 3. The standard InChI is InChI=1S/C17H16N2O3/c1-17(15(21)10-11-6-2-5-9-14(11)20)16(22)18-12-7-3-4-8-13(12)19-17/h2-9,19-20H,10H2,1H3,(H,18,22). The number of nitrogens with one attached hydrogen (secondary N) is 2. The van der Waals surface area contributed by atoms with Gasteiger partial charge in [0.1, 0.15) is 5.75 Å². The molecular formula is C17H16N2O3. The Morgan fingerprint density at radius 3 is 2.45 bits per heavy atom. The van der Waals surface area contributed by atoms with E-state index >= 15 is 0 Å². The van der Waals surface area contributed by atoms with Crippen LogP contribution < -0.4 is 10.6 Å². The van der Waals surface area contributed by atoms with E-state index < -0.39 is 11.4 Å². The van der Waals surface area contributed by atoms with Crippen LogP contribution in [0.25, 0.3) is 0 Å². The van der Waals surface area contributed by atoms with Gasteiger partial charge < -0.3 is 15.7 Å². The second-order valence-electron chi connectivity index (χ2n) is 5.48. The van der Waals surface area contributed by atoms with Gasteiger partial charge in [0.15, 0.2) is 11.3 Å². The van der Waals surface area contributed by atoms with E-state index in [-0.39, 0.29) is 18.0 Å². The number of carbonyl (C=O) groups excluding carboxylic acids is 2. The SMILES string of the molecule is CC1(C(=O)Cc2ccccc2O)Nc2ccccc2NC1=O. The van der Waals surface area contributed by atoms with Crippen LogP contribution in [0.3, 0.4) is 0 Å². The molecule has 0 aromatic heterocycles. The number of aromatic hydroxyl groups is 1. The molecule has 3 N–H and O–H groups in total. The number of fused-ring (bicyclic) bond motifs is 1. The predicted octanol–water partition coefficient (Wildman–Crippen LogP) is 2.33. The van der Waals surface area contributed by atoms with Gasteiger partial charge in [0.25, 0.3) is 5.91 Å². The molecule has 5 heteroatoms. The molecule has 0 radical (unpaired) electrons. The zero-order valence-corrected chi connectivity index (χ0v) is 12.1. The second-order valence-corrected chi connectivity index (χ2v) is 5.48. The molecule has 0 saturated carbocycles. The van der Waals surface area contributed by atoms with Crippen molar-refractivity contribution in [3.8, 4) is 5.75 Å². The Balaban J connectivity index is 1.89. The minimum atomic E-state index is -1.36. The molecule has 1 unspecified atom stereocenters. The van der Waals surface area contributed by atoms with Crippen molar-refractivity contribution in [1.82, 2.24) is 0 Å². The molecule has 2 aromatic carbocycles. The normalized spacial score (nSPS) is 19.8. The Morgan fingerprint density at radius 2 is 1.73 bits per heavy atom. The highest BCUT2D eigenvalue weighted by Gasteiger charge is 2.43. The summed E-state index contributed by atoms with van der Waals surface area (Å²) >= 11 is 0. The lowest BCUT2D eigenvalue weighted by molar-refractivity contribution is -0.131. The molecule has 0 fully saturated rings. The second kappa shape index (κ2) is 5.18. The quantitative estimate of drug-likeness (QED) is 0.760. The number of ketones is 1. The molecule has 2 aromatic rings. The van der Waals surface area contributed by atoms with E-state index in [4.69, 9.17) is 0 Å². The van der Waals surface area contributed by atoms with Crippen LogP contribution in [0.15, 0.2) is 48.5 Å². The maximum Gasteiger partial charge on any atom is 0.257 e. The maximum absolute atomic E-state index is 12.6. The van der Waals surface area contributed by atoms with Crippen molar-refractivity contribution in [2.24, 2.45) is 0 Å². The zero-order valence-electron chi connectivity index (χ0n) is 12.1. The third-order valence-electron chi connectivity index (χ3n) is 3.91. The van der Waals surface area contributed by atoms with Gasteiger partial charge in [-0.1, -0.05) is 30.3 Å². The smallest absolute Gasteiger partial charge is 0.257 e. The topological polar surface area (TPSA) is 78.4 Å². The van der Waals surface area contributed by atoms with Crippen LogP contribution in [0.5, 0.6) is 5.75 Å². The maximum atomic E-state index is 12.6. The Bertz CT molecular complexity index is 757. The molecule has 1 heterocycles. The molecule has 1 aliphatic heterocycles. The lowest BCUT2D eigenvalue weighted by Crippen LogP contribution is -2.56. The molecular weight excluding hydrogens is 280 g/mol. The van der Waals surface area contributed by atoms with E-state index in [1.165, 1.54) is 6.07 Å². The van der Waals surface area contributed by atoms with Crippen molar-refractivity contribution in [3.63, 3.8) is 0 Å². The Kier molecular flexibility index (Phi) is 3.33. The fraction of sp³-hybridized carbons (Fsp3) is 0.176. The summed E-state index contributed by atoms with van der Waals surface area (Å²) in [6, 6.07) is 13.8. The fourth-order valence-corrected chi connectivity index (χ4v) is 2.48. The number of para-hydroxylation sites is 3. The van der Waals surface area contributed by atoms with E-state index in [9.17, 15) is 14.7 Å². The summed E-state index contributed by atoms with van der Waals surface area (Å²) in [5.41, 5.74) is 0.495.